The van der Waals surface area contributed by atoms with Crippen molar-refractivity contribution in [3.8, 4) is 23.0 Å². The van der Waals surface area contributed by atoms with Crippen molar-refractivity contribution < 1.29 is 14.6 Å². The van der Waals surface area contributed by atoms with Crippen molar-refractivity contribution in [1.29, 1.82) is 0 Å². The van der Waals surface area contributed by atoms with Crippen molar-refractivity contribution in [3.05, 3.63) is 94.5 Å². The summed E-state index contributed by atoms with van der Waals surface area (Å²) in [6.45, 7) is 11.2. The predicted octanol–water partition coefficient (Wildman–Crippen LogP) is 6.96. The first kappa shape index (κ1) is 24.8. The molecule has 0 saturated carbocycles. The van der Waals surface area contributed by atoms with Gasteiger partial charge in [0.15, 0.2) is 0 Å². The SMILES string of the molecule is CCOC(=O)c1ccc(C#CC(O)c2cc(-c3ccccc3)cc3c2C(C)(C)CCC3(C)C)cc1. The molecule has 3 heteroatoms. The number of hydrogen-bond acceptors (Lipinski definition) is 3. The van der Waals surface area contributed by atoms with Gasteiger partial charge in [0, 0.05) is 5.56 Å². The summed E-state index contributed by atoms with van der Waals surface area (Å²) in [4.78, 5) is 11.9. The van der Waals surface area contributed by atoms with Crippen LogP contribution in [0.5, 0.6) is 0 Å². The zero-order valence-electron chi connectivity index (χ0n) is 21.3. The molecular formula is C32H34O3. The van der Waals surface area contributed by atoms with E-state index in [-0.39, 0.29) is 16.8 Å². The number of benzene rings is 3. The van der Waals surface area contributed by atoms with Gasteiger partial charge in [-0.15, -0.1) is 0 Å². The Labute approximate surface area is 209 Å². The highest BCUT2D eigenvalue weighted by molar-refractivity contribution is 5.89. The van der Waals surface area contributed by atoms with Crippen molar-refractivity contribution >= 4 is 5.97 Å². The fourth-order valence-electron chi connectivity index (χ4n) is 4.98. The molecule has 0 fully saturated rings. The van der Waals surface area contributed by atoms with Crippen molar-refractivity contribution in [2.24, 2.45) is 0 Å². The number of hydrogen-bond donors (Lipinski definition) is 1. The van der Waals surface area contributed by atoms with Crippen LogP contribution in [0, 0.1) is 11.8 Å². The molecular weight excluding hydrogens is 432 g/mol. The Bertz CT molecular complexity index is 1270. The molecule has 0 radical (unpaired) electrons. The number of rotatable bonds is 4. The lowest BCUT2D eigenvalue weighted by molar-refractivity contribution is 0.0526. The van der Waals surface area contributed by atoms with Gasteiger partial charge in [0.05, 0.1) is 12.2 Å². The van der Waals surface area contributed by atoms with E-state index in [1.807, 2.05) is 18.2 Å². The number of carbonyl (C=O) groups is 1. The average Bonchev–Trinajstić information content (AvgIpc) is 2.85. The summed E-state index contributed by atoms with van der Waals surface area (Å²) in [6, 6.07) is 21.7. The largest absolute Gasteiger partial charge is 0.462 e. The standard InChI is InChI=1S/C32H34O3/c1-6-35-30(34)24-15-12-22(13-16-24)14-17-28(33)26-20-25(23-10-8-7-9-11-23)21-27-29(26)32(4,5)19-18-31(27,2)3/h7-13,15-16,20-21,28,33H,6,18-19H2,1-5H3. The van der Waals surface area contributed by atoms with Crippen LogP contribution in [0.1, 0.15) is 86.2 Å². The maximum Gasteiger partial charge on any atom is 0.338 e. The molecule has 0 amide bonds. The molecule has 1 unspecified atom stereocenters. The van der Waals surface area contributed by atoms with Gasteiger partial charge in [-0.1, -0.05) is 75.9 Å². The maximum atomic E-state index is 11.9. The molecule has 1 aliphatic rings. The highest BCUT2D eigenvalue weighted by Gasteiger charge is 2.39. The maximum absolute atomic E-state index is 11.9. The molecule has 0 spiro atoms. The first-order valence-electron chi connectivity index (χ1n) is 12.3. The summed E-state index contributed by atoms with van der Waals surface area (Å²) >= 11 is 0. The summed E-state index contributed by atoms with van der Waals surface area (Å²) in [5.74, 6) is 5.83. The summed E-state index contributed by atoms with van der Waals surface area (Å²) < 4.78 is 5.05. The molecule has 0 saturated heterocycles. The van der Waals surface area contributed by atoms with Gasteiger partial charge in [0.1, 0.15) is 6.10 Å². The zero-order valence-corrected chi connectivity index (χ0v) is 21.3. The summed E-state index contributed by atoms with van der Waals surface area (Å²) in [7, 11) is 0. The minimum absolute atomic E-state index is 0.0144. The molecule has 0 heterocycles. The van der Waals surface area contributed by atoms with Crippen LogP contribution in [-0.4, -0.2) is 17.7 Å². The highest BCUT2D eigenvalue weighted by Crippen LogP contribution is 2.49. The molecule has 1 N–H and O–H groups in total. The summed E-state index contributed by atoms with van der Waals surface area (Å²) in [5.41, 5.74) is 6.82. The third-order valence-corrected chi connectivity index (χ3v) is 7.10. The third kappa shape index (κ3) is 5.19. The van der Waals surface area contributed by atoms with E-state index in [9.17, 15) is 9.90 Å². The Kier molecular flexibility index (Phi) is 6.88. The second kappa shape index (κ2) is 9.72. The fourth-order valence-corrected chi connectivity index (χ4v) is 4.98. The fraction of sp³-hybridized carbons (Fsp3) is 0.344. The first-order chi connectivity index (χ1) is 16.6. The van der Waals surface area contributed by atoms with Crippen LogP contribution in [0.25, 0.3) is 11.1 Å². The Balaban J connectivity index is 1.77. The molecule has 0 aromatic heterocycles. The average molecular weight is 467 g/mol. The third-order valence-electron chi connectivity index (χ3n) is 7.10. The van der Waals surface area contributed by atoms with Crippen LogP contribution in [0.3, 0.4) is 0 Å². The summed E-state index contributed by atoms with van der Waals surface area (Å²) in [5, 5.41) is 11.4. The number of esters is 1. The molecule has 35 heavy (non-hydrogen) atoms. The molecule has 180 valence electrons. The van der Waals surface area contributed by atoms with Gasteiger partial charge in [-0.2, -0.15) is 0 Å². The van der Waals surface area contributed by atoms with E-state index in [0.717, 1.165) is 35.1 Å². The quantitative estimate of drug-likeness (QED) is 0.334. The molecule has 4 rings (SSSR count). The van der Waals surface area contributed by atoms with Crippen molar-refractivity contribution in [2.45, 2.75) is 64.4 Å². The topological polar surface area (TPSA) is 46.5 Å². The molecule has 0 aliphatic heterocycles. The lowest BCUT2D eigenvalue weighted by Gasteiger charge is -2.43. The van der Waals surface area contributed by atoms with Gasteiger partial charge < -0.3 is 9.84 Å². The minimum Gasteiger partial charge on any atom is -0.462 e. The number of aliphatic hydroxyl groups is 1. The van der Waals surface area contributed by atoms with Gasteiger partial charge in [-0.05, 0) is 88.7 Å². The predicted molar refractivity (Wildman–Crippen MR) is 141 cm³/mol. The van der Waals surface area contributed by atoms with Crippen LogP contribution >= 0.6 is 0 Å². The number of fused-ring (bicyclic) bond motifs is 1. The van der Waals surface area contributed by atoms with Gasteiger partial charge >= 0.3 is 5.97 Å². The normalized spacial score (nSPS) is 16.4. The number of aliphatic hydroxyl groups excluding tert-OH is 1. The second-order valence-corrected chi connectivity index (χ2v) is 10.6. The van der Waals surface area contributed by atoms with Crippen molar-refractivity contribution in [3.63, 3.8) is 0 Å². The second-order valence-electron chi connectivity index (χ2n) is 10.6. The lowest BCUT2D eigenvalue weighted by Crippen LogP contribution is -2.35. The monoisotopic (exact) mass is 466 g/mol. The van der Waals surface area contributed by atoms with Crippen LogP contribution < -0.4 is 0 Å². The van der Waals surface area contributed by atoms with E-state index in [2.05, 4.69) is 63.8 Å². The Morgan fingerprint density at radius 1 is 0.943 bits per heavy atom. The van der Waals surface area contributed by atoms with Gasteiger partial charge in [-0.25, -0.2) is 4.79 Å². The zero-order chi connectivity index (χ0) is 25.2. The lowest BCUT2D eigenvalue weighted by atomic mass is 9.61. The van der Waals surface area contributed by atoms with E-state index in [0.29, 0.717) is 12.2 Å². The highest BCUT2D eigenvalue weighted by atomic mass is 16.5. The molecule has 3 aromatic carbocycles. The molecule has 3 aromatic rings. The minimum atomic E-state index is -0.926. The van der Waals surface area contributed by atoms with Gasteiger partial charge in [-0.3, -0.25) is 0 Å². The van der Waals surface area contributed by atoms with Crippen LogP contribution in [0.2, 0.25) is 0 Å². The van der Waals surface area contributed by atoms with Crippen molar-refractivity contribution in [1.82, 2.24) is 0 Å². The van der Waals surface area contributed by atoms with Crippen LogP contribution in [0.4, 0.5) is 0 Å². The summed E-state index contributed by atoms with van der Waals surface area (Å²) in [6.07, 6.45) is 1.23. The van der Waals surface area contributed by atoms with Crippen LogP contribution in [-0.2, 0) is 15.6 Å². The van der Waals surface area contributed by atoms with Gasteiger partial charge in [0.25, 0.3) is 0 Å². The number of ether oxygens (including phenoxy) is 1. The van der Waals surface area contributed by atoms with E-state index in [4.69, 9.17) is 4.74 Å². The smallest absolute Gasteiger partial charge is 0.338 e. The van der Waals surface area contributed by atoms with Gasteiger partial charge in [0.2, 0.25) is 0 Å². The molecule has 0 bridgehead atoms. The van der Waals surface area contributed by atoms with Crippen molar-refractivity contribution in [2.75, 3.05) is 6.61 Å². The van der Waals surface area contributed by atoms with E-state index in [1.54, 1.807) is 31.2 Å². The molecule has 1 aliphatic carbocycles. The van der Waals surface area contributed by atoms with Crippen LogP contribution in [0.15, 0.2) is 66.7 Å². The number of carbonyl (C=O) groups excluding carboxylic acids is 1. The molecule has 3 nitrogen and oxygen atoms in total. The Hall–Kier alpha value is -3.35. The Morgan fingerprint density at radius 2 is 1.60 bits per heavy atom. The van der Waals surface area contributed by atoms with E-state index in [1.165, 1.54) is 11.1 Å². The van der Waals surface area contributed by atoms with E-state index < -0.39 is 6.10 Å². The molecule has 1 atom stereocenters. The first-order valence-corrected chi connectivity index (χ1v) is 12.3. The van der Waals surface area contributed by atoms with E-state index >= 15 is 0 Å². The Morgan fingerprint density at radius 3 is 2.26 bits per heavy atom.